The summed E-state index contributed by atoms with van der Waals surface area (Å²) in [7, 11) is 0. The average Bonchev–Trinajstić information content (AvgIpc) is 3.01. The first-order valence-electron chi connectivity index (χ1n) is 9.31. The van der Waals surface area contributed by atoms with Crippen molar-refractivity contribution in [1.82, 2.24) is 4.90 Å². The van der Waals surface area contributed by atoms with E-state index < -0.39 is 0 Å². The number of thiocarbonyl (C=S) groups is 1. The van der Waals surface area contributed by atoms with Gasteiger partial charge in [0.25, 0.3) is 5.91 Å². The first-order chi connectivity index (χ1) is 14.6. The summed E-state index contributed by atoms with van der Waals surface area (Å²) in [5, 5.41) is 9.23. The number of carbonyl (C=O) groups excluding carboxylic acids is 1. The largest absolute Gasteiger partial charge is 0.490 e. The molecule has 152 valence electrons. The molecule has 30 heavy (non-hydrogen) atoms. The molecule has 0 aromatic heterocycles. The van der Waals surface area contributed by atoms with Crippen LogP contribution in [0.5, 0.6) is 11.5 Å². The molecule has 0 unspecified atom stereocenters. The Morgan fingerprint density at radius 1 is 1.23 bits per heavy atom. The zero-order valence-electron chi connectivity index (χ0n) is 16.5. The van der Waals surface area contributed by atoms with Crippen molar-refractivity contribution in [2.24, 2.45) is 0 Å². The van der Waals surface area contributed by atoms with Crippen molar-refractivity contribution in [1.29, 1.82) is 5.26 Å². The van der Waals surface area contributed by atoms with E-state index in [9.17, 15) is 10.1 Å². The molecule has 5 nitrogen and oxygen atoms in total. The highest BCUT2D eigenvalue weighted by Gasteiger charge is 2.31. The molecule has 7 heteroatoms. The smallest absolute Gasteiger partial charge is 0.266 e. The van der Waals surface area contributed by atoms with E-state index in [1.165, 1.54) is 16.7 Å². The second-order valence-corrected chi connectivity index (χ2v) is 7.95. The number of nitriles is 1. The van der Waals surface area contributed by atoms with Crippen molar-refractivity contribution < 1.29 is 14.3 Å². The number of nitrogens with zero attached hydrogens (tertiary/aromatic N) is 2. The molecule has 0 spiro atoms. The lowest BCUT2D eigenvalue weighted by Crippen LogP contribution is -2.27. The van der Waals surface area contributed by atoms with Crippen molar-refractivity contribution in [2.75, 3.05) is 13.2 Å². The van der Waals surface area contributed by atoms with E-state index in [2.05, 4.69) is 12.6 Å². The van der Waals surface area contributed by atoms with Gasteiger partial charge in [0.2, 0.25) is 0 Å². The molecule has 1 saturated heterocycles. The van der Waals surface area contributed by atoms with Gasteiger partial charge >= 0.3 is 0 Å². The third kappa shape index (κ3) is 4.90. The zero-order chi connectivity index (χ0) is 21.5. The van der Waals surface area contributed by atoms with Gasteiger partial charge in [-0.3, -0.25) is 9.69 Å². The van der Waals surface area contributed by atoms with Crippen molar-refractivity contribution in [3.8, 4) is 17.6 Å². The summed E-state index contributed by atoms with van der Waals surface area (Å²) in [6, 6.07) is 15.0. The third-order valence-electron chi connectivity index (χ3n) is 4.27. The van der Waals surface area contributed by atoms with Crippen LogP contribution in [0.25, 0.3) is 6.08 Å². The van der Waals surface area contributed by atoms with E-state index in [4.69, 9.17) is 21.7 Å². The second-order valence-electron chi connectivity index (χ2n) is 6.28. The van der Waals surface area contributed by atoms with Gasteiger partial charge in [-0.15, -0.1) is 6.58 Å². The molecule has 3 rings (SSSR count). The molecule has 2 aromatic carbocycles. The Bertz CT molecular complexity index is 1060. The van der Waals surface area contributed by atoms with Gasteiger partial charge < -0.3 is 9.47 Å². The molecule has 1 aliphatic rings. The lowest BCUT2D eigenvalue weighted by molar-refractivity contribution is -0.121. The summed E-state index contributed by atoms with van der Waals surface area (Å²) < 4.78 is 12.2. The molecule has 0 atom stereocenters. The Hall–Kier alpha value is -3.08. The average molecular weight is 437 g/mol. The van der Waals surface area contributed by atoms with Crippen molar-refractivity contribution in [2.45, 2.75) is 13.5 Å². The number of thioether (sulfide) groups is 1. The minimum Gasteiger partial charge on any atom is -0.490 e. The highest BCUT2D eigenvalue weighted by Crippen LogP contribution is 2.35. The predicted octanol–water partition coefficient (Wildman–Crippen LogP) is 4.92. The van der Waals surface area contributed by atoms with Crippen LogP contribution in [0.3, 0.4) is 0 Å². The van der Waals surface area contributed by atoms with E-state index in [1.54, 1.807) is 24.3 Å². The first-order valence-corrected chi connectivity index (χ1v) is 10.5. The summed E-state index contributed by atoms with van der Waals surface area (Å²) in [5.74, 6) is 1.01. The van der Waals surface area contributed by atoms with Crippen molar-refractivity contribution >= 4 is 40.3 Å². The highest BCUT2D eigenvalue weighted by molar-refractivity contribution is 8.26. The van der Waals surface area contributed by atoms with Crippen molar-refractivity contribution in [3.63, 3.8) is 0 Å². The Morgan fingerprint density at radius 2 is 2.03 bits per heavy atom. The maximum absolute atomic E-state index is 12.5. The molecule has 1 amide bonds. The van der Waals surface area contributed by atoms with Gasteiger partial charge in [-0.2, -0.15) is 5.26 Å². The van der Waals surface area contributed by atoms with Gasteiger partial charge in [0, 0.05) is 12.1 Å². The topological polar surface area (TPSA) is 62.6 Å². The lowest BCUT2D eigenvalue weighted by Gasteiger charge is -2.13. The van der Waals surface area contributed by atoms with Crippen LogP contribution in [-0.4, -0.2) is 28.3 Å². The molecule has 0 saturated carbocycles. The van der Waals surface area contributed by atoms with Crippen molar-refractivity contribution in [3.05, 3.63) is 76.7 Å². The SMILES string of the molecule is C=CCN1C(=O)C(=Cc2ccc(OCc3ccccc3C#N)c(OCC)c2)SC1=S. The van der Waals surface area contributed by atoms with Crippen LogP contribution in [0.4, 0.5) is 0 Å². The van der Waals surface area contributed by atoms with Gasteiger partial charge in [0.15, 0.2) is 11.5 Å². The molecule has 2 aromatic rings. The van der Waals surface area contributed by atoms with E-state index in [-0.39, 0.29) is 12.5 Å². The Balaban J connectivity index is 1.82. The van der Waals surface area contributed by atoms with Gasteiger partial charge in [-0.05, 0) is 36.8 Å². The summed E-state index contributed by atoms with van der Waals surface area (Å²) in [6.07, 6.45) is 3.44. The quantitative estimate of drug-likeness (QED) is 0.332. The van der Waals surface area contributed by atoms with Crippen LogP contribution in [0.2, 0.25) is 0 Å². The molecule has 1 aliphatic heterocycles. The molecule has 1 heterocycles. The number of benzene rings is 2. The van der Waals surface area contributed by atoms with Crippen LogP contribution in [0, 0.1) is 11.3 Å². The van der Waals surface area contributed by atoms with E-state index in [1.807, 2.05) is 37.3 Å². The van der Waals surface area contributed by atoms with Crippen LogP contribution in [0.1, 0.15) is 23.6 Å². The Morgan fingerprint density at radius 3 is 2.77 bits per heavy atom. The molecule has 0 N–H and O–H groups in total. The number of rotatable bonds is 8. The Kier molecular flexibility index (Phi) is 7.28. The first kappa shape index (κ1) is 21.6. The minimum absolute atomic E-state index is 0.128. The number of ether oxygens (including phenoxy) is 2. The molecule has 0 aliphatic carbocycles. The van der Waals surface area contributed by atoms with Gasteiger partial charge in [-0.1, -0.05) is 54.3 Å². The fourth-order valence-corrected chi connectivity index (χ4v) is 4.13. The molecule has 0 bridgehead atoms. The summed E-state index contributed by atoms with van der Waals surface area (Å²) in [6.45, 7) is 6.67. The molecular weight excluding hydrogens is 416 g/mol. The fraction of sp³-hybridized carbons (Fsp3) is 0.174. The second kappa shape index (κ2) is 10.1. The van der Waals surface area contributed by atoms with Crippen LogP contribution in [-0.2, 0) is 11.4 Å². The highest BCUT2D eigenvalue weighted by atomic mass is 32.2. The fourth-order valence-electron chi connectivity index (χ4n) is 2.85. The summed E-state index contributed by atoms with van der Waals surface area (Å²) >= 11 is 6.55. The number of amides is 1. The van der Waals surface area contributed by atoms with Crippen LogP contribution < -0.4 is 9.47 Å². The van der Waals surface area contributed by atoms with Gasteiger partial charge in [-0.25, -0.2) is 0 Å². The summed E-state index contributed by atoms with van der Waals surface area (Å²) in [4.78, 5) is 14.6. The standard InChI is InChI=1S/C23H20N2O3S2/c1-3-11-25-22(26)21(30-23(25)29)13-16-9-10-19(20(12-16)27-4-2)28-15-18-8-6-5-7-17(18)14-24/h3,5-10,12-13H,1,4,11,15H2,2H3. The van der Waals surface area contributed by atoms with Gasteiger partial charge in [0.1, 0.15) is 10.9 Å². The zero-order valence-corrected chi connectivity index (χ0v) is 18.1. The van der Waals surface area contributed by atoms with E-state index in [0.29, 0.717) is 39.4 Å². The predicted molar refractivity (Wildman–Crippen MR) is 123 cm³/mol. The number of hydrogen-bond donors (Lipinski definition) is 0. The van der Waals surface area contributed by atoms with Gasteiger partial charge in [0.05, 0.1) is 23.1 Å². The maximum Gasteiger partial charge on any atom is 0.266 e. The maximum atomic E-state index is 12.5. The van der Waals surface area contributed by atoms with Crippen LogP contribution in [0.15, 0.2) is 60.0 Å². The minimum atomic E-state index is -0.128. The van der Waals surface area contributed by atoms with E-state index in [0.717, 1.165) is 11.1 Å². The molecular formula is C23H20N2O3S2. The summed E-state index contributed by atoms with van der Waals surface area (Å²) in [5.41, 5.74) is 2.19. The monoisotopic (exact) mass is 436 g/mol. The third-order valence-corrected chi connectivity index (χ3v) is 5.65. The molecule has 1 fully saturated rings. The number of carbonyl (C=O) groups is 1. The molecule has 0 radical (unpaired) electrons. The van der Waals surface area contributed by atoms with Crippen LogP contribution >= 0.6 is 24.0 Å². The number of hydrogen-bond acceptors (Lipinski definition) is 6. The normalized spacial score (nSPS) is 14.7. The lowest BCUT2D eigenvalue weighted by atomic mass is 10.1. The Labute approximate surface area is 185 Å². The van der Waals surface area contributed by atoms with E-state index >= 15 is 0 Å².